The molecule has 1 fully saturated rings. The lowest BCUT2D eigenvalue weighted by atomic mass is 10.0. The Hall–Kier alpha value is -2.41. The summed E-state index contributed by atoms with van der Waals surface area (Å²) >= 11 is 0. The molecule has 0 bridgehead atoms. The first kappa shape index (κ1) is 17.4. The molecule has 1 aliphatic rings. The molecule has 1 aliphatic heterocycles. The average molecular weight is 352 g/mol. The highest BCUT2D eigenvalue weighted by molar-refractivity contribution is 5.95. The van der Waals surface area contributed by atoms with Gasteiger partial charge >= 0.3 is 6.18 Å². The topological polar surface area (TPSA) is 46.3 Å². The van der Waals surface area contributed by atoms with Crippen molar-refractivity contribution in [3.05, 3.63) is 59.4 Å². The van der Waals surface area contributed by atoms with Gasteiger partial charge in [0.2, 0.25) is 0 Å². The Kier molecular flexibility index (Phi) is 4.51. The summed E-state index contributed by atoms with van der Waals surface area (Å²) in [5.41, 5.74) is 5.80. The molecule has 0 unspecified atom stereocenters. The molecule has 132 valence electrons. The molecule has 1 saturated heterocycles. The van der Waals surface area contributed by atoms with E-state index in [9.17, 15) is 22.4 Å². The third-order valence-electron chi connectivity index (χ3n) is 4.25. The van der Waals surface area contributed by atoms with Crippen LogP contribution in [0.25, 0.3) is 11.1 Å². The molecular weight excluding hydrogens is 336 g/mol. The van der Waals surface area contributed by atoms with Crippen molar-refractivity contribution in [2.45, 2.75) is 18.6 Å². The highest BCUT2D eigenvalue weighted by Gasteiger charge is 2.34. The number of carbonyl (C=O) groups is 1. The highest BCUT2D eigenvalue weighted by Crippen LogP contribution is 2.33. The first-order chi connectivity index (χ1) is 11.8. The monoisotopic (exact) mass is 352 g/mol. The van der Waals surface area contributed by atoms with Gasteiger partial charge in [-0.15, -0.1) is 0 Å². The molecule has 0 aromatic heterocycles. The second-order valence-corrected chi connectivity index (χ2v) is 6.07. The van der Waals surface area contributed by atoms with Crippen LogP contribution in [-0.2, 0) is 6.18 Å². The van der Waals surface area contributed by atoms with Gasteiger partial charge < -0.3 is 10.6 Å². The van der Waals surface area contributed by atoms with E-state index >= 15 is 0 Å². The van der Waals surface area contributed by atoms with E-state index in [1.807, 2.05) is 0 Å². The van der Waals surface area contributed by atoms with Gasteiger partial charge in [0.25, 0.3) is 5.91 Å². The second-order valence-electron chi connectivity index (χ2n) is 6.07. The fraction of sp³-hybridized carbons (Fsp3) is 0.278. The molecule has 2 aromatic rings. The zero-order valence-electron chi connectivity index (χ0n) is 13.2. The molecule has 2 aromatic carbocycles. The fourth-order valence-corrected chi connectivity index (χ4v) is 2.88. The van der Waals surface area contributed by atoms with E-state index in [2.05, 4.69) is 0 Å². The predicted octanol–water partition coefficient (Wildman–Crippen LogP) is 3.68. The van der Waals surface area contributed by atoms with Crippen molar-refractivity contribution in [2.24, 2.45) is 5.73 Å². The van der Waals surface area contributed by atoms with E-state index in [0.717, 1.165) is 18.6 Å². The molecular formula is C18H16F4N2O. The van der Waals surface area contributed by atoms with Gasteiger partial charge in [0.05, 0.1) is 5.56 Å². The maximum Gasteiger partial charge on any atom is 0.419 e. The van der Waals surface area contributed by atoms with E-state index in [-0.39, 0.29) is 11.9 Å². The van der Waals surface area contributed by atoms with Crippen molar-refractivity contribution in [3.63, 3.8) is 0 Å². The lowest BCUT2D eigenvalue weighted by molar-refractivity contribution is -0.139. The zero-order chi connectivity index (χ0) is 18.2. The summed E-state index contributed by atoms with van der Waals surface area (Å²) in [6.07, 6.45) is -3.97. The maximum atomic E-state index is 13.7. The number of hydrogen-bond acceptors (Lipinski definition) is 2. The number of alkyl halides is 3. The average Bonchev–Trinajstić information content (AvgIpc) is 2.99. The number of rotatable bonds is 2. The summed E-state index contributed by atoms with van der Waals surface area (Å²) in [5, 5.41) is 0. The predicted molar refractivity (Wildman–Crippen MR) is 85.3 cm³/mol. The van der Waals surface area contributed by atoms with Gasteiger partial charge in [0.15, 0.2) is 0 Å². The molecule has 0 spiro atoms. The Morgan fingerprint density at radius 1 is 1.08 bits per heavy atom. The van der Waals surface area contributed by atoms with Crippen LogP contribution in [0.15, 0.2) is 42.5 Å². The SMILES string of the molecule is N[C@H]1CCN(C(=O)c2ccc(-c3ccc(C(F)(F)F)c(F)c3)cc2)C1. The summed E-state index contributed by atoms with van der Waals surface area (Å²) in [7, 11) is 0. The van der Waals surface area contributed by atoms with Gasteiger partial charge in [-0.25, -0.2) is 4.39 Å². The van der Waals surface area contributed by atoms with E-state index in [1.165, 1.54) is 6.07 Å². The number of carbonyl (C=O) groups excluding carboxylic acids is 1. The highest BCUT2D eigenvalue weighted by atomic mass is 19.4. The van der Waals surface area contributed by atoms with Crippen LogP contribution >= 0.6 is 0 Å². The second kappa shape index (κ2) is 6.48. The van der Waals surface area contributed by atoms with Crippen LogP contribution in [0.4, 0.5) is 17.6 Å². The standard InChI is InChI=1S/C18H16F4N2O/c19-16-9-13(5-6-15(16)18(20,21)22)11-1-3-12(4-2-11)17(25)24-8-7-14(23)10-24/h1-6,9,14H,7-8,10,23H2/t14-/m0/s1. The molecule has 1 atom stereocenters. The van der Waals surface area contributed by atoms with E-state index in [0.29, 0.717) is 29.8 Å². The van der Waals surface area contributed by atoms with Crippen molar-refractivity contribution in [1.29, 1.82) is 0 Å². The Balaban J connectivity index is 1.81. The quantitative estimate of drug-likeness (QED) is 0.838. The van der Waals surface area contributed by atoms with Gasteiger partial charge in [-0.1, -0.05) is 18.2 Å². The van der Waals surface area contributed by atoms with Crippen LogP contribution in [0.3, 0.4) is 0 Å². The number of nitrogens with zero attached hydrogens (tertiary/aromatic N) is 1. The maximum absolute atomic E-state index is 13.7. The van der Waals surface area contributed by atoms with E-state index < -0.39 is 17.6 Å². The normalized spacial score (nSPS) is 17.8. The lowest BCUT2D eigenvalue weighted by Gasteiger charge is -2.16. The largest absolute Gasteiger partial charge is 0.419 e. The van der Waals surface area contributed by atoms with Crippen molar-refractivity contribution in [3.8, 4) is 11.1 Å². The summed E-state index contributed by atoms with van der Waals surface area (Å²) in [6, 6.07) is 9.10. The number of benzene rings is 2. The number of amides is 1. The van der Waals surface area contributed by atoms with E-state index in [4.69, 9.17) is 5.73 Å². The Morgan fingerprint density at radius 2 is 1.72 bits per heavy atom. The summed E-state index contributed by atoms with van der Waals surface area (Å²) < 4.78 is 51.5. The van der Waals surface area contributed by atoms with Crippen molar-refractivity contribution < 1.29 is 22.4 Å². The third-order valence-corrected chi connectivity index (χ3v) is 4.25. The van der Waals surface area contributed by atoms with Crippen LogP contribution in [0.1, 0.15) is 22.3 Å². The molecule has 7 heteroatoms. The van der Waals surface area contributed by atoms with Gasteiger partial charge in [0, 0.05) is 24.7 Å². The molecule has 0 saturated carbocycles. The molecule has 1 amide bonds. The van der Waals surface area contributed by atoms with Crippen LogP contribution in [0, 0.1) is 5.82 Å². The first-order valence-corrected chi connectivity index (χ1v) is 7.78. The molecule has 25 heavy (non-hydrogen) atoms. The Labute approximate surface area is 142 Å². The smallest absolute Gasteiger partial charge is 0.337 e. The van der Waals surface area contributed by atoms with Crippen LogP contribution in [-0.4, -0.2) is 29.9 Å². The lowest BCUT2D eigenvalue weighted by Crippen LogP contribution is -2.31. The van der Waals surface area contributed by atoms with Crippen molar-refractivity contribution >= 4 is 5.91 Å². The Bertz CT molecular complexity index is 787. The van der Waals surface area contributed by atoms with Crippen LogP contribution in [0.5, 0.6) is 0 Å². The molecule has 3 nitrogen and oxygen atoms in total. The summed E-state index contributed by atoms with van der Waals surface area (Å²) in [6.45, 7) is 1.11. The minimum absolute atomic E-state index is 0.0154. The third kappa shape index (κ3) is 3.66. The van der Waals surface area contributed by atoms with Gasteiger partial charge in [-0.05, 0) is 41.8 Å². The number of hydrogen-bond donors (Lipinski definition) is 1. The molecule has 1 heterocycles. The van der Waals surface area contributed by atoms with Gasteiger partial charge in [0.1, 0.15) is 5.82 Å². The van der Waals surface area contributed by atoms with Gasteiger partial charge in [-0.2, -0.15) is 13.2 Å². The minimum atomic E-state index is -4.73. The first-order valence-electron chi connectivity index (χ1n) is 7.78. The van der Waals surface area contributed by atoms with Crippen LogP contribution in [0.2, 0.25) is 0 Å². The minimum Gasteiger partial charge on any atom is -0.337 e. The number of likely N-dealkylation sites (tertiary alicyclic amines) is 1. The number of halogens is 4. The van der Waals surface area contributed by atoms with Crippen molar-refractivity contribution in [2.75, 3.05) is 13.1 Å². The van der Waals surface area contributed by atoms with Gasteiger partial charge in [-0.3, -0.25) is 4.79 Å². The Morgan fingerprint density at radius 3 is 2.24 bits per heavy atom. The number of nitrogens with two attached hydrogens (primary N) is 1. The van der Waals surface area contributed by atoms with Crippen molar-refractivity contribution in [1.82, 2.24) is 4.90 Å². The van der Waals surface area contributed by atoms with E-state index in [1.54, 1.807) is 29.2 Å². The molecule has 3 rings (SSSR count). The zero-order valence-corrected chi connectivity index (χ0v) is 13.2. The molecule has 0 radical (unpaired) electrons. The summed E-state index contributed by atoms with van der Waals surface area (Å²) in [4.78, 5) is 14.0. The fourth-order valence-electron chi connectivity index (χ4n) is 2.88. The summed E-state index contributed by atoms with van der Waals surface area (Å²) in [5.74, 6) is -1.46. The molecule has 2 N–H and O–H groups in total. The molecule has 0 aliphatic carbocycles. The van der Waals surface area contributed by atoms with Crippen LogP contribution < -0.4 is 5.73 Å².